The molecule has 0 atom stereocenters. The highest BCUT2D eigenvalue weighted by Crippen LogP contribution is 2.15. The number of carboxylic acid groups (broad SMARTS) is 1. The molecule has 0 aromatic rings. The van der Waals surface area contributed by atoms with E-state index in [1.807, 2.05) is 0 Å². The van der Waals surface area contributed by atoms with Gasteiger partial charge in [-0.2, -0.15) is 0 Å². The molecule has 90 valence electrons. The molecule has 0 aliphatic heterocycles. The van der Waals surface area contributed by atoms with Crippen LogP contribution in [0.2, 0.25) is 0 Å². The van der Waals surface area contributed by atoms with Crippen LogP contribution in [0.25, 0.3) is 0 Å². The van der Waals surface area contributed by atoms with E-state index >= 15 is 0 Å². The lowest BCUT2D eigenvalue weighted by Crippen LogP contribution is -2.38. The number of alkyl halides is 3. The van der Waals surface area contributed by atoms with E-state index in [-0.39, 0.29) is 19.1 Å². The summed E-state index contributed by atoms with van der Waals surface area (Å²) in [5.41, 5.74) is 0. The molecule has 0 radical (unpaired) electrons. The summed E-state index contributed by atoms with van der Waals surface area (Å²) in [4.78, 5) is 11.8. The molecule has 0 bridgehead atoms. The molecule has 0 amide bonds. The second-order valence-electron chi connectivity index (χ2n) is 3.25. The van der Waals surface area contributed by atoms with Gasteiger partial charge in [0.2, 0.25) is 0 Å². The van der Waals surface area contributed by atoms with Crippen molar-refractivity contribution in [2.75, 3.05) is 19.7 Å². The van der Waals surface area contributed by atoms with Crippen LogP contribution in [0.15, 0.2) is 0 Å². The topological polar surface area (TPSA) is 49.8 Å². The average Bonchev–Trinajstić information content (AvgIpc) is 1.99. The summed E-state index contributed by atoms with van der Waals surface area (Å²) in [6.07, 6.45) is -4.66. The minimum absolute atomic E-state index is 0.0660. The third kappa shape index (κ3) is 8.19. The lowest BCUT2D eigenvalue weighted by Gasteiger charge is -2.24. The van der Waals surface area contributed by atoms with Gasteiger partial charge in [0.15, 0.2) is 0 Å². The lowest BCUT2D eigenvalue weighted by atomic mass is 10.3. The Morgan fingerprint density at radius 3 is 2.33 bits per heavy atom. The Balaban J connectivity index is 3.92. The van der Waals surface area contributed by atoms with Crippen LogP contribution in [-0.4, -0.2) is 48.1 Å². The molecule has 0 spiro atoms. The Morgan fingerprint density at radius 2 is 2.00 bits per heavy atom. The van der Waals surface area contributed by atoms with Crippen LogP contribution in [-0.2, 0) is 9.53 Å². The van der Waals surface area contributed by atoms with E-state index in [0.717, 1.165) is 0 Å². The van der Waals surface area contributed by atoms with Crippen molar-refractivity contribution in [1.29, 1.82) is 0 Å². The van der Waals surface area contributed by atoms with Gasteiger partial charge in [-0.05, 0) is 13.8 Å². The van der Waals surface area contributed by atoms with E-state index in [1.54, 1.807) is 13.8 Å². The van der Waals surface area contributed by atoms with Gasteiger partial charge in [-0.15, -0.1) is 13.2 Å². The fraction of sp³-hybridized carbons (Fsp3) is 0.875. The zero-order valence-corrected chi connectivity index (χ0v) is 8.54. The number of aliphatic carboxylic acids is 1. The van der Waals surface area contributed by atoms with Crippen LogP contribution in [0.1, 0.15) is 13.8 Å². The molecular weight excluding hydrogens is 215 g/mol. The molecule has 0 saturated heterocycles. The number of ether oxygens (including phenoxy) is 1. The summed E-state index contributed by atoms with van der Waals surface area (Å²) in [7, 11) is 0. The normalized spacial score (nSPS) is 12.5. The van der Waals surface area contributed by atoms with Crippen molar-refractivity contribution in [1.82, 2.24) is 4.90 Å². The highest BCUT2D eigenvalue weighted by molar-refractivity contribution is 5.69. The Morgan fingerprint density at radius 1 is 1.47 bits per heavy atom. The molecule has 0 fully saturated rings. The number of rotatable bonds is 6. The minimum atomic E-state index is -4.66. The summed E-state index contributed by atoms with van der Waals surface area (Å²) < 4.78 is 38.4. The number of carboxylic acids is 1. The van der Waals surface area contributed by atoms with E-state index in [2.05, 4.69) is 4.74 Å². The molecule has 7 heteroatoms. The fourth-order valence-electron chi connectivity index (χ4n) is 0.972. The van der Waals surface area contributed by atoms with Crippen LogP contribution in [0.5, 0.6) is 0 Å². The van der Waals surface area contributed by atoms with Crippen molar-refractivity contribution in [3.63, 3.8) is 0 Å². The Bertz CT molecular complexity index is 206. The molecule has 1 N–H and O–H groups in total. The Hall–Kier alpha value is -0.820. The van der Waals surface area contributed by atoms with E-state index in [1.165, 1.54) is 4.90 Å². The first kappa shape index (κ1) is 14.2. The Labute approximate surface area is 85.6 Å². The minimum Gasteiger partial charge on any atom is -0.480 e. The van der Waals surface area contributed by atoms with Gasteiger partial charge in [0.1, 0.15) is 0 Å². The van der Waals surface area contributed by atoms with E-state index < -0.39 is 18.9 Å². The predicted molar refractivity (Wildman–Crippen MR) is 46.4 cm³/mol. The second-order valence-corrected chi connectivity index (χ2v) is 3.25. The predicted octanol–water partition coefficient (Wildman–Crippen LogP) is 1.32. The first-order chi connectivity index (χ1) is 6.72. The van der Waals surface area contributed by atoms with Crippen LogP contribution in [0.4, 0.5) is 13.2 Å². The number of hydrogen-bond acceptors (Lipinski definition) is 3. The highest BCUT2D eigenvalue weighted by Gasteiger charge is 2.29. The molecular formula is C8H14F3NO3. The van der Waals surface area contributed by atoms with E-state index in [0.29, 0.717) is 0 Å². The lowest BCUT2D eigenvalue weighted by molar-refractivity contribution is -0.325. The van der Waals surface area contributed by atoms with Crippen molar-refractivity contribution in [3.05, 3.63) is 0 Å². The molecule has 15 heavy (non-hydrogen) atoms. The maximum atomic E-state index is 11.6. The summed E-state index contributed by atoms with van der Waals surface area (Å²) in [5.74, 6) is -1.07. The third-order valence-corrected chi connectivity index (χ3v) is 1.71. The van der Waals surface area contributed by atoms with E-state index in [9.17, 15) is 18.0 Å². The van der Waals surface area contributed by atoms with Gasteiger partial charge in [0.25, 0.3) is 0 Å². The standard InChI is InChI=1S/C8H14F3NO3/c1-6(2)12(5-7(13)14)3-4-15-8(9,10)11/h6H,3-5H2,1-2H3,(H,13,14). The molecule has 0 aromatic heterocycles. The van der Waals surface area contributed by atoms with Gasteiger partial charge in [0.05, 0.1) is 13.2 Å². The first-order valence-electron chi connectivity index (χ1n) is 4.39. The molecule has 0 rings (SSSR count). The maximum Gasteiger partial charge on any atom is 0.522 e. The summed E-state index contributed by atoms with van der Waals surface area (Å²) in [6.45, 7) is 2.49. The first-order valence-corrected chi connectivity index (χ1v) is 4.39. The van der Waals surface area contributed by atoms with E-state index in [4.69, 9.17) is 5.11 Å². The molecule has 0 aliphatic carbocycles. The van der Waals surface area contributed by atoms with Crippen molar-refractivity contribution < 1.29 is 27.8 Å². The zero-order chi connectivity index (χ0) is 12.1. The number of carbonyl (C=O) groups is 1. The summed E-state index contributed by atoms with van der Waals surface area (Å²) >= 11 is 0. The van der Waals surface area contributed by atoms with Gasteiger partial charge in [0, 0.05) is 12.6 Å². The van der Waals surface area contributed by atoms with Gasteiger partial charge >= 0.3 is 12.3 Å². The molecule has 0 heterocycles. The largest absolute Gasteiger partial charge is 0.522 e. The second kappa shape index (κ2) is 5.92. The summed E-state index contributed by atoms with van der Waals surface area (Å²) in [5, 5.41) is 8.49. The maximum absolute atomic E-state index is 11.6. The monoisotopic (exact) mass is 229 g/mol. The van der Waals surface area contributed by atoms with Crippen molar-refractivity contribution in [2.45, 2.75) is 26.3 Å². The van der Waals surface area contributed by atoms with Crippen molar-refractivity contribution in [2.24, 2.45) is 0 Å². The summed E-state index contributed by atoms with van der Waals surface area (Å²) in [6, 6.07) is -0.141. The fourth-order valence-corrected chi connectivity index (χ4v) is 0.972. The van der Waals surface area contributed by atoms with Crippen LogP contribution < -0.4 is 0 Å². The molecule has 0 saturated carbocycles. The quantitative estimate of drug-likeness (QED) is 0.746. The molecule has 0 aromatic carbocycles. The number of hydrogen-bond donors (Lipinski definition) is 1. The van der Waals surface area contributed by atoms with Crippen molar-refractivity contribution in [3.8, 4) is 0 Å². The van der Waals surface area contributed by atoms with Crippen LogP contribution in [0, 0.1) is 0 Å². The Kier molecular flexibility index (Phi) is 5.59. The zero-order valence-electron chi connectivity index (χ0n) is 8.54. The molecule has 0 aliphatic rings. The van der Waals surface area contributed by atoms with Crippen molar-refractivity contribution >= 4 is 5.97 Å². The number of halogens is 3. The van der Waals surface area contributed by atoms with Gasteiger partial charge in [-0.3, -0.25) is 14.4 Å². The van der Waals surface area contributed by atoms with Gasteiger partial charge < -0.3 is 5.11 Å². The molecule has 4 nitrogen and oxygen atoms in total. The number of nitrogens with zero attached hydrogens (tertiary/aromatic N) is 1. The van der Waals surface area contributed by atoms with Crippen LogP contribution >= 0.6 is 0 Å². The SMILES string of the molecule is CC(C)N(CCOC(F)(F)F)CC(=O)O. The smallest absolute Gasteiger partial charge is 0.480 e. The van der Waals surface area contributed by atoms with Gasteiger partial charge in [-0.1, -0.05) is 0 Å². The third-order valence-electron chi connectivity index (χ3n) is 1.71. The van der Waals surface area contributed by atoms with Crippen LogP contribution in [0.3, 0.4) is 0 Å². The molecule has 0 unspecified atom stereocenters. The average molecular weight is 229 g/mol. The van der Waals surface area contributed by atoms with Gasteiger partial charge in [-0.25, -0.2) is 0 Å². The highest BCUT2D eigenvalue weighted by atomic mass is 19.4.